The standard InChI is InChI=1S/C9H18N4O3/c1-5(7(10)11)3-15-9(14)16-4-6(2)8(12)13/h5-6H,3-4H2,1-2H3,(H3,10,11)(H3,12,13). The van der Waals surface area contributed by atoms with Gasteiger partial charge in [0.15, 0.2) is 0 Å². The van der Waals surface area contributed by atoms with Crippen LogP contribution in [0.5, 0.6) is 0 Å². The lowest BCUT2D eigenvalue weighted by Gasteiger charge is -2.12. The molecule has 92 valence electrons. The lowest BCUT2D eigenvalue weighted by atomic mass is 10.2. The van der Waals surface area contributed by atoms with Crippen LogP contribution in [0.4, 0.5) is 4.79 Å². The van der Waals surface area contributed by atoms with Crippen molar-refractivity contribution in [1.82, 2.24) is 0 Å². The van der Waals surface area contributed by atoms with Gasteiger partial charge in [0.1, 0.15) is 13.2 Å². The second-order valence-corrected chi connectivity index (χ2v) is 3.58. The van der Waals surface area contributed by atoms with E-state index < -0.39 is 6.16 Å². The molecule has 0 aliphatic rings. The smallest absolute Gasteiger partial charge is 0.434 e. The van der Waals surface area contributed by atoms with Gasteiger partial charge >= 0.3 is 6.16 Å². The first kappa shape index (κ1) is 14.2. The Kier molecular flexibility index (Phi) is 5.91. The minimum atomic E-state index is -0.846. The first-order valence-electron chi connectivity index (χ1n) is 4.82. The number of ether oxygens (including phenoxy) is 2. The monoisotopic (exact) mass is 230 g/mol. The van der Waals surface area contributed by atoms with Crippen molar-refractivity contribution >= 4 is 17.8 Å². The highest BCUT2D eigenvalue weighted by Gasteiger charge is 2.13. The summed E-state index contributed by atoms with van der Waals surface area (Å²) in [5.41, 5.74) is 10.4. The van der Waals surface area contributed by atoms with E-state index in [0.29, 0.717) is 0 Å². The van der Waals surface area contributed by atoms with Gasteiger partial charge in [0.2, 0.25) is 0 Å². The van der Waals surface area contributed by atoms with E-state index in [2.05, 4.69) is 0 Å². The molecule has 0 rings (SSSR count). The average Bonchev–Trinajstić information content (AvgIpc) is 2.21. The van der Waals surface area contributed by atoms with Gasteiger partial charge in [-0.3, -0.25) is 10.8 Å². The highest BCUT2D eigenvalue weighted by atomic mass is 16.7. The van der Waals surface area contributed by atoms with E-state index in [1.807, 2.05) is 0 Å². The maximum atomic E-state index is 11.0. The van der Waals surface area contributed by atoms with Gasteiger partial charge < -0.3 is 20.9 Å². The van der Waals surface area contributed by atoms with Gasteiger partial charge in [0.05, 0.1) is 11.7 Å². The molecule has 0 spiro atoms. The van der Waals surface area contributed by atoms with E-state index in [4.69, 9.17) is 31.8 Å². The number of nitrogens with two attached hydrogens (primary N) is 2. The summed E-state index contributed by atoms with van der Waals surface area (Å²) in [6, 6.07) is 0. The molecular formula is C9H18N4O3. The Balaban J connectivity index is 3.75. The molecule has 0 aliphatic carbocycles. The second kappa shape index (κ2) is 6.65. The topological polar surface area (TPSA) is 135 Å². The van der Waals surface area contributed by atoms with Crippen molar-refractivity contribution in [3.8, 4) is 0 Å². The average molecular weight is 230 g/mol. The van der Waals surface area contributed by atoms with Crippen LogP contribution in [-0.2, 0) is 9.47 Å². The highest BCUT2D eigenvalue weighted by Crippen LogP contribution is 1.99. The molecule has 0 radical (unpaired) electrons. The summed E-state index contributed by atoms with van der Waals surface area (Å²) in [5, 5.41) is 14.1. The Bertz CT molecular complexity index is 254. The number of rotatable bonds is 6. The minimum absolute atomic E-state index is 0.00260. The molecule has 0 bridgehead atoms. The van der Waals surface area contributed by atoms with Gasteiger partial charge in [-0.1, -0.05) is 13.8 Å². The van der Waals surface area contributed by atoms with Crippen LogP contribution in [0.25, 0.3) is 0 Å². The summed E-state index contributed by atoms with van der Waals surface area (Å²) in [6.07, 6.45) is -0.846. The number of hydrogen-bond donors (Lipinski definition) is 4. The van der Waals surface area contributed by atoms with Crippen LogP contribution in [0.3, 0.4) is 0 Å². The van der Waals surface area contributed by atoms with E-state index in [1.54, 1.807) is 13.8 Å². The van der Waals surface area contributed by atoms with Crippen LogP contribution in [0, 0.1) is 22.7 Å². The van der Waals surface area contributed by atoms with Crippen LogP contribution >= 0.6 is 0 Å². The van der Waals surface area contributed by atoms with Gasteiger partial charge in [0.25, 0.3) is 0 Å². The van der Waals surface area contributed by atoms with Gasteiger partial charge in [-0.2, -0.15) is 0 Å². The van der Waals surface area contributed by atoms with E-state index in [-0.39, 0.29) is 36.7 Å². The molecule has 0 aliphatic heterocycles. The third-order valence-electron chi connectivity index (χ3n) is 1.96. The molecule has 0 fully saturated rings. The molecule has 0 saturated heterocycles. The van der Waals surface area contributed by atoms with Crippen molar-refractivity contribution in [2.45, 2.75) is 13.8 Å². The summed E-state index contributed by atoms with van der Waals surface area (Å²) in [4.78, 5) is 11.0. The molecule has 0 aromatic heterocycles. The fourth-order valence-electron chi connectivity index (χ4n) is 0.607. The first-order chi connectivity index (χ1) is 7.34. The number of nitrogens with one attached hydrogen (secondary N) is 2. The van der Waals surface area contributed by atoms with Crippen molar-refractivity contribution in [3.63, 3.8) is 0 Å². The van der Waals surface area contributed by atoms with Gasteiger partial charge in [-0.15, -0.1) is 0 Å². The third-order valence-corrected chi connectivity index (χ3v) is 1.96. The molecule has 0 heterocycles. The number of hydrogen-bond acceptors (Lipinski definition) is 5. The number of amidine groups is 2. The Morgan fingerprint density at radius 1 is 1.06 bits per heavy atom. The van der Waals surface area contributed by atoms with Gasteiger partial charge in [0, 0.05) is 11.8 Å². The van der Waals surface area contributed by atoms with Crippen LogP contribution in [0.2, 0.25) is 0 Å². The third kappa shape index (κ3) is 5.84. The predicted octanol–water partition coefficient (Wildman–Crippen LogP) is 0.284. The zero-order valence-electron chi connectivity index (χ0n) is 9.45. The molecular weight excluding hydrogens is 212 g/mol. The molecule has 2 unspecified atom stereocenters. The zero-order valence-corrected chi connectivity index (χ0v) is 9.45. The Hall–Kier alpha value is -1.79. The fourth-order valence-corrected chi connectivity index (χ4v) is 0.607. The summed E-state index contributed by atoms with van der Waals surface area (Å²) < 4.78 is 9.40. The summed E-state index contributed by atoms with van der Waals surface area (Å²) in [6.45, 7) is 3.33. The normalized spacial score (nSPS) is 13.6. The first-order valence-corrected chi connectivity index (χ1v) is 4.82. The highest BCUT2D eigenvalue weighted by molar-refractivity contribution is 5.80. The number of carbonyl (C=O) groups excluding carboxylic acids is 1. The minimum Gasteiger partial charge on any atom is -0.434 e. The SMILES string of the molecule is CC(COC(=O)OCC(C)C(=N)N)C(=N)N. The van der Waals surface area contributed by atoms with Crippen molar-refractivity contribution in [1.29, 1.82) is 10.8 Å². The van der Waals surface area contributed by atoms with E-state index in [9.17, 15) is 4.79 Å². The molecule has 0 amide bonds. The zero-order chi connectivity index (χ0) is 12.7. The van der Waals surface area contributed by atoms with Crippen LogP contribution in [0.1, 0.15) is 13.8 Å². The van der Waals surface area contributed by atoms with Crippen molar-refractivity contribution < 1.29 is 14.3 Å². The van der Waals surface area contributed by atoms with Crippen LogP contribution in [0.15, 0.2) is 0 Å². The van der Waals surface area contributed by atoms with E-state index in [1.165, 1.54) is 0 Å². The molecule has 16 heavy (non-hydrogen) atoms. The van der Waals surface area contributed by atoms with Crippen LogP contribution in [-0.4, -0.2) is 31.0 Å². The lowest BCUT2D eigenvalue weighted by Crippen LogP contribution is -2.28. The predicted molar refractivity (Wildman–Crippen MR) is 59.5 cm³/mol. The molecule has 2 atom stereocenters. The molecule has 6 N–H and O–H groups in total. The number of carbonyl (C=O) groups is 1. The summed E-state index contributed by atoms with van der Waals surface area (Å²) in [7, 11) is 0. The molecule has 7 heteroatoms. The molecule has 0 aromatic carbocycles. The largest absolute Gasteiger partial charge is 0.508 e. The van der Waals surface area contributed by atoms with Crippen molar-refractivity contribution in [2.24, 2.45) is 23.3 Å². The van der Waals surface area contributed by atoms with Crippen molar-refractivity contribution in [3.05, 3.63) is 0 Å². The fraction of sp³-hybridized carbons (Fsp3) is 0.667. The molecule has 0 aromatic rings. The molecule has 7 nitrogen and oxygen atoms in total. The van der Waals surface area contributed by atoms with E-state index in [0.717, 1.165) is 0 Å². The summed E-state index contributed by atoms with van der Waals surface area (Å²) in [5.74, 6) is -0.773. The Morgan fingerprint density at radius 3 is 1.62 bits per heavy atom. The maximum absolute atomic E-state index is 11.0. The van der Waals surface area contributed by atoms with Gasteiger partial charge in [-0.05, 0) is 0 Å². The Morgan fingerprint density at radius 2 is 1.38 bits per heavy atom. The second-order valence-electron chi connectivity index (χ2n) is 3.58. The quantitative estimate of drug-likeness (QED) is 0.295. The lowest BCUT2D eigenvalue weighted by molar-refractivity contribution is 0.0470. The van der Waals surface area contributed by atoms with Crippen molar-refractivity contribution in [2.75, 3.05) is 13.2 Å². The van der Waals surface area contributed by atoms with Crippen LogP contribution < -0.4 is 11.5 Å². The molecule has 0 saturated carbocycles. The Labute approximate surface area is 94.1 Å². The van der Waals surface area contributed by atoms with E-state index >= 15 is 0 Å². The van der Waals surface area contributed by atoms with Gasteiger partial charge in [-0.25, -0.2) is 4.79 Å². The summed E-state index contributed by atoms with van der Waals surface area (Å²) >= 11 is 0. The maximum Gasteiger partial charge on any atom is 0.508 e.